The van der Waals surface area contributed by atoms with Crippen molar-refractivity contribution in [3.8, 4) is 0 Å². The lowest BCUT2D eigenvalue weighted by Crippen LogP contribution is -2.43. The number of amides is 3. The maximum Gasteiger partial charge on any atom is 0.338 e. The van der Waals surface area contributed by atoms with E-state index in [0.717, 1.165) is 5.69 Å². The van der Waals surface area contributed by atoms with Gasteiger partial charge in [-0.2, -0.15) is 0 Å². The number of benzene rings is 1. The van der Waals surface area contributed by atoms with Crippen molar-refractivity contribution in [3.63, 3.8) is 0 Å². The number of urea groups is 1. The molecule has 1 atom stereocenters. The van der Waals surface area contributed by atoms with Gasteiger partial charge in [0.05, 0.1) is 5.56 Å². The molecule has 7 heteroatoms. The van der Waals surface area contributed by atoms with Crippen LogP contribution < -0.4 is 15.5 Å². The highest BCUT2D eigenvalue weighted by Gasteiger charge is 2.20. The van der Waals surface area contributed by atoms with Crippen molar-refractivity contribution in [2.24, 2.45) is 0 Å². The monoisotopic (exact) mass is 293 g/mol. The van der Waals surface area contributed by atoms with E-state index in [-0.39, 0.29) is 0 Å². The molecule has 0 bridgehead atoms. The molecule has 2 N–H and O–H groups in total. The minimum absolute atomic E-state index is 0.334. The summed E-state index contributed by atoms with van der Waals surface area (Å²) < 4.78 is 5.03. The smallest absolute Gasteiger partial charge is 0.338 e. The molecule has 0 fully saturated rings. The third kappa shape index (κ3) is 4.79. The van der Waals surface area contributed by atoms with Gasteiger partial charge in [0.15, 0.2) is 6.10 Å². The van der Waals surface area contributed by atoms with Crippen LogP contribution in [-0.4, -0.2) is 45.2 Å². The van der Waals surface area contributed by atoms with E-state index in [2.05, 4.69) is 5.32 Å². The summed E-state index contributed by atoms with van der Waals surface area (Å²) in [4.78, 5) is 36.4. The number of carbonyl (C=O) groups excluding carboxylic acids is 3. The Morgan fingerprint density at radius 2 is 1.90 bits per heavy atom. The number of nitrogens with one attached hydrogen (secondary N) is 2. The van der Waals surface area contributed by atoms with Crippen molar-refractivity contribution in [2.45, 2.75) is 13.0 Å². The molecule has 0 heterocycles. The number of rotatable bonds is 4. The first-order chi connectivity index (χ1) is 9.85. The molecule has 7 nitrogen and oxygen atoms in total. The van der Waals surface area contributed by atoms with Crippen molar-refractivity contribution in [1.29, 1.82) is 0 Å². The molecule has 0 aliphatic carbocycles. The summed E-state index contributed by atoms with van der Waals surface area (Å²) in [5, 5.41) is 4.28. The predicted molar refractivity (Wildman–Crippen MR) is 78.2 cm³/mol. The van der Waals surface area contributed by atoms with Crippen LogP contribution in [0, 0.1) is 0 Å². The number of esters is 1. The van der Waals surface area contributed by atoms with Gasteiger partial charge >= 0.3 is 12.0 Å². The maximum atomic E-state index is 12.0. The number of ether oxygens (including phenoxy) is 1. The second-order valence-corrected chi connectivity index (χ2v) is 4.56. The number of nitrogens with zero attached hydrogens (tertiary/aromatic N) is 1. The van der Waals surface area contributed by atoms with Crippen LogP contribution in [0.2, 0.25) is 0 Å². The molecule has 1 rings (SSSR count). The molecule has 1 unspecified atom stereocenters. The average molecular weight is 293 g/mol. The zero-order valence-corrected chi connectivity index (χ0v) is 12.5. The molecule has 0 aliphatic rings. The third-order valence-corrected chi connectivity index (χ3v) is 2.72. The predicted octanol–water partition coefficient (Wildman–Crippen LogP) is 0.753. The maximum absolute atomic E-state index is 12.0. The van der Waals surface area contributed by atoms with Gasteiger partial charge in [0.1, 0.15) is 0 Å². The molecule has 0 saturated carbocycles. The summed E-state index contributed by atoms with van der Waals surface area (Å²) in [6, 6.07) is 6.17. The summed E-state index contributed by atoms with van der Waals surface area (Å²) in [5.41, 5.74) is 1.17. The van der Waals surface area contributed by atoms with E-state index >= 15 is 0 Å². The molecular formula is C14H19N3O4. The van der Waals surface area contributed by atoms with E-state index in [1.807, 2.05) is 30.4 Å². The van der Waals surface area contributed by atoms with Gasteiger partial charge < -0.3 is 15.0 Å². The van der Waals surface area contributed by atoms with Crippen LogP contribution in [0.5, 0.6) is 0 Å². The normalized spacial score (nSPS) is 11.2. The Labute approximate surface area is 123 Å². The van der Waals surface area contributed by atoms with Crippen LogP contribution in [0.3, 0.4) is 0 Å². The zero-order chi connectivity index (χ0) is 16.0. The number of imide groups is 1. The van der Waals surface area contributed by atoms with Crippen LogP contribution in [0.15, 0.2) is 24.3 Å². The van der Waals surface area contributed by atoms with Gasteiger partial charge in [-0.15, -0.1) is 0 Å². The molecule has 1 aromatic carbocycles. The Kier molecular flexibility index (Phi) is 5.71. The lowest BCUT2D eigenvalue weighted by Gasteiger charge is -2.15. The quantitative estimate of drug-likeness (QED) is 0.800. The van der Waals surface area contributed by atoms with E-state index < -0.39 is 24.0 Å². The van der Waals surface area contributed by atoms with Crippen LogP contribution in [0.1, 0.15) is 17.3 Å². The zero-order valence-electron chi connectivity index (χ0n) is 12.5. The van der Waals surface area contributed by atoms with Crippen molar-refractivity contribution in [2.75, 3.05) is 26.0 Å². The molecule has 21 heavy (non-hydrogen) atoms. The lowest BCUT2D eigenvalue weighted by molar-refractivity contribution is -0.127. The summed E-state index contributed by atoms with van der Waals surface area (Å²) in [5.74, 6) is -1.32. The van der Waals surface area contributed by atoms with Gasteiger partial charge in [0.25, 0.3) is 5.91 Å². The van der Waals surface area contributed by atoms with E-state index in [0.29, 0.717) is 5.56 Å². The van der Waals surface area contributed by atoms with Crippen LogP contribution in [0.25, 0.3) is 0 Å². The average Bonchev–Trinajstić information content (AvgIpc) is 2.46. The molecule has 0 aromatic heterocycles. The summed E-state index contributed by atoms with van der Waals surface area (Å²) >= 11 is 0. The molecule has 0 saturated heterocycles. The second kappa shape index (κ2) is 7.28. The minimum Gasteiger partial charge on any atom is -0.449 e. The first-order valence-electron chi connectivity index (χ1n) is 6.36. The van der Waals surface area contributed by atoms with Crippen LogP contribution in [-0.2, 0) is 9.53 Å². The highest BCUT2D eigenvalue weighted by molar-refractivity contribution is 5.98. The number of hydrogen-bond donors (Lipinski definition) is 2. The highest BCUT2D eigenvalue weighted by atomic mass is 16.5. The Bertz CT molecular complexity index is 543. The topological polar surface area (TPSA) is 87.7 Å². The summed E-state index contributed by atoms with van der Waals surface area (Å²) in [7, 11) is 5.08. The van der Waals surface area contributed by atoms with E-state index in [9.17, 15) is 14.4 Å². The number of carbonyl (C=O) groups is 3. The van der Waals surface area contributed by atoms with Gasteiger partial charge in [-0.1, -0.05) is 6.07 Å². The van der Waals surface area contributed by atoms with Gasteiger partial charge in [-0.25, -0.2) is 9.59 Å². The third-order valence-electron chi connectivity index (χ3n) is 2.72. The Morgan fingerprint density at radius 3 is 2.48 bits per heavy atom. The molecular weight excluding hydrogens is 274 g/mol. The number of hydrogen-bond acceptors (Lipinski definition) is 5. The lowest BCUT2D eigenvalue weighted by atomic mass is 10.2. The molecule has 0 spiro atoms. The molecule has 114 valence electrons. The molecule has 3 amide bonds. The van der Waals surface area contributed by atoms with Crippen molar-refractivity contribution in [3.05, 3.63) is 29.8 Å². The Hall–Kier alpha value is -2.57. The van der Waals surface area contributed by atoms with E-state index in [1.165, 1.54) is 14.0 Å². The summed E-state index contributed by atoms with van der Waals surface area (Å²) in [6.45, 7) is 1.39. The molecule has 0 radical (unpaired) electrons. The van der Waals surface area contributed by atoms with E-state index in [1.54, 1.807) is 18.2 Å². The van der Waals surface area contributed by atoms with Gasteiger partial charge in [0, 0.05) is 26.8 Å². The van der Waals surface area contributed by atoms with E-state index in [4.69, 9.17) is 4.74 Å². The first kappa shape index (κ1) is 16.5. The second-order valence-electron chi connectivity index (χ2n) is 4.56. The van der Waals surface area contributed by atoms with Crippen molar-refractivity contribution in [1.82, 2.24) is 10.6 Å². The summed E-state index contributed by atoms with van der Waals surface area (Å²) in [6.07, 6.45) is -1.07. The van der Waals surface area contributed by atoms with Crippen LogP contribution >= 0.6 is 0 Å². The highest BCUT2D eigenvalue weighted by Crippen LogP contribution is 2.14. The fourth-order valence-corrected chi connectivity index (χ4v) is 1.47. The van der Waals surface area contributed by atoms with Crippen LogP contribution in [0.4, 0.5) is 10.5 Å². The fraction of sp³-hybridized carbons (Fsp3) is 0.357. The molecule has 1 aromatic rings. The SMILES string of the molecule is CNC(=O)NC(=O)C(C)OC(=O)c1cccc(N(C)C)c1. The van der Waals surface area contributed by atoms with Gasteiger partial charge in [-0.3, -0.25) is 10.1 Å². The first-order valence-corrected chi connectivity index (χ1v) is 6.36. The Morgan fingerprint density at radius 1 is 1.24 bits per heavy atom. The van der Waals surface area contributed by atoms with Crippen molar-refractivity contribution >= 4 is 23.6 Å². The van der Waals surface area contributed by atoms with Gasteiger partial charge in [0.2, 0.25) is 0 Å². The largest absolute Gasteiger partial charge is 0.449 e. The number of anilines is 1. The van der Waals surface area contributed by atoms with Gasteiger partial charge in [-0.05, 0) is 25.1 Å². The fourth-order valence-electron chi connectivity index (χ4n) is 1.47. The molecule has 0 aliphatic heterocycles. The Balaban J connectivity index is 2.70. The minimum atomic E-state index is -1.07. The standard InChI is InChI=1S/C14H19N3O4/c1-9(12(18)16-14(20)15-2)21-13(19)10-6-5-7-11(8-10)17(3)4/h5-9H,1-4H3,(H2,15,16,18,20). The van der Waals surface area contributed by atoms with Crippen molar-refractivity contribution < 1.29 is 19.1 Å².